The second-order valence-electron chi connectivity index (χ2n) is 3.89. The van der Waals surface area contributed by atoms with E-state index in [4.69, 9.17) is 4.74 Å². The Morgan fingerprint density at radius 1 is 0.882 bits per heavy atom. The molecule has 2 N–H and O–H groups in total. The van der Waals surface area contributed by atoms with Crippen molar-refractivity contribution in [2.75, 3.05) is 6.54 Å². The second kappa shape index (κ2) is 6.06. The molecule has 2 nitrogen and oxygen atoms in total. The number of ether oxygens (including phenoxy) is 1. The zero-order valence-corrected chi connectivity index (χ0v) is 9.80. The van der Waals surface area contributed by atoms with E-state index in [2.05, 4.69) is 19.2 Å². The van der Waals surface area contributed by atoms with Crippen LogP contribution in [-0.4, -0.2) is 6.54 Å². The van der Waals surface area contributed by atoms with E-state index in [1.165, 1.54) is 5.56 Å². The summed E-state index contributed by atoms with van der Waals surface area (Å²) in [6.45, 7) is 1.01. The summed E-state index contributed by atoms with van der Waals surface area (Å²) in [4.78, 5) is 0. The standard InChI is InChI=1S/C15H17NO/c1-16-12-11-13-7-9-15(10-8-13)17-14-5-3-2-4-6-14/h2-10H,1,11-12,16H2. The van der Waals surface area contributed by atoms with Crippen molar-refractivity contribution in [3.63, 3.8) is 0 Å². The van der Waals surface area contributed by atoms with E-state index >= 15 is 0 Å². The van der Waals surface area contributed by atoms with Gasteiger partial charge >= 0.3 is 0 Å². The Hall–Kier alpha value is -1.80. The summed E-state index contributed by atoms with van der Waals surface area (Å²) in [7, 11) is 3.72. The van der Waals surface area contributed by atoms with Crippen LogP contribution in [0.25, 0.3) is 0 Å². The molecule has 0 unspecified atom stereocenters. The summed E-state index contributed by atoms with van der Waals surface area (Å²) >= 11 is 0. The van der Waals surface area contributed by atoms with Crippen LogP contribution < -0.4 is 10.1 Å². The number of para-hydroxylation sites is 1. The van der Waals surface area contributed by atoms with Gasteiger partial charge in [0.2, 0.25) is 0 Å². The average Bonchev–Trinajstić information content (AvgIpc) is 2.39. The van der Waals surface area contributed by atoms with E-state index in [0.717, 1.165) is 24.5 Å². The molecule has 0 spiro atoms. The molecule has 0 saturated carbocycles. The molecule has 2 heteroatoms. The van der Waals surface area contributed by atoms with Gasteiger partial charge < -0.3 is 10.1 Å². The Kier molecular flexibility index (Phi) is 4.17. The Morgan fingerprint density at radius 2 is 1.53 bits per heavy atom. The molecular weight excluding hydrogens is 210 g/mol. The van der Waals surface area contributed by atoms with Gasteiger partial charge in [0.05, 0.1) is 6.54 Å². The van der Waals surface area contributed by atoms with Crippen molar-refractivity contribution in [3.8, 4) is 11.5 Å². The van der Waals surface area contributed by atoms with Crippen LogP contribution in [-0.2, 0) is 6.42 Å². The molecule has 0 aliphatic heterocycles. The molecular formula is C15H17NO. The minimum absolute atomic E-state index is 0.867. The van der Waals surface area contributed by atoms with E-state index in [9.17, 15) is 0 Å². The van der Waals surface area contributed by atoms with Crippen LogP contribution in [0.4, 0.5) is 0 Å². The van der Waals surface area contributed by atoms with Gasteiger partial charge in [0.15, 0.2) is 0 Å². The first-order chi connectivity index (χ1) is 8.38. The lowest BCUT2D eigenvalue weighted by Gasteiger charge is -2.06. The van der Waals surface area contributed by atoms with Gasteiger partial charge in [0, 0.05) is 6.42 Å². The lowest BCUT2D eigenvalue weighted by molar-refractivity contribution is -0.594. The zero-order chi connectivity index (χ0) is 11.9. The van der Waals surface area contributed by atoms with Crippen LogP contribution in [0.1, 0.15) is 5.56 Å². The molecule has 0 radical (unpaired) electrons. The molecule has 0 saturated heterocycles. The first-order valence-electron chi connectivity index (χ1n) is 5.81. The van der Waals surface area contributed by atoms with Gasteiger partial charge in [-0.1, -0.05) is 30.3 Å². The maximum absolute atomic E-state index is 5.72. The van der Waals surface area contributed by atoms with E-state index in [-0.39, 0.29) is 0 Å². The topological polar surface area (TPSA) is 25.8 Å². The molecule has 2 aromatic carbocycles. The molecule has 0 aliphatic carbocycles. The summed E-state index contributed by atoms with van der Waals surface area (Å²) < 4.78 is 5.72. The monoisotopic (exact) mass is 227 g/mol. The molecule has 17 heavy (non-hydrogen) atoms. The van der Waals surface area contributed by atoms with Crippen LogP contribution in [0.5, 0.6) is 11.5 Å². The average molecular weight is 227 g/mol. The van der Waals surface area contributed by atoms with Gasteiger partial charge in [-0.2, -0.15) is 7.05 Å². The predicted octanol–water partition coefficient (Wildman–Crippen LogP) is 2.38. The van der Waals surface area contributed by atoms with Crippen molar-refractivity contribution in [1.82, 2.24) is 0 Å². The lowest BCUT2D eigenvalue weighted by Crippen LogP contribution is -2.77. The fraction of sp³-hybridized carbons (Fsp3) is 0.133. The summed E-state index contributed by atoms with van der Waals surface area (Å²) in [5, 5.41) is 1.94. The highest BCUT2D eigenvalue weighted by molar-refractivity contribution is 5.32. The Balaban J connectivity index is 1.98. The second-order valence-corrected chi connectivity index (χ2v) is 3.89. The normalized spacial score (nSPS) is 10.2. The van der Waals surface area contributed by atoms with Crippen LogP contribution in [0.2, 0.25) is 0 Å². The number of nitrogens with two attached hydrogens (primary N) is 1. The smallest absolute Gasteiger partial charge is 0.127 e. The number of hydrogen-bond acceptors (Lipinski definition) is 1. The lowest BCUT2D eigenvalue weighted by atomic mass is 10.1. The fourth-order valence-corrected chi connectivity index (χ4v) is 1.62. The van der Waals surface area contributed by atoms with Crippen molar-refractivity contribution < 1.29 is 10.1 Å². The van der Waals surface area contributed by atoms with Crippen molar-refractivity contribution in [2.45, 2.75) is 6.42 Å². The van der Waals surface area contributed by atoms with Crippen molar-refractivity contribution in [3.05, 3.63) is 67.2 Å². The molecule has 0 aliphatic rings. The maximum Gasteiger partial charge on any atom is 0.127 e. The van der Waals surface area contributed by atoms with Crippen molar-refractivity contribution in [2.24, 2.45) is 0 Å². The Labute approximate surface area is 102 Å². The van der Waals surface area contributed by atoms with E-state index in [1.807, 2.05) is 47.8 Å². The molecule has 0 fully saturated rings. The molecule has 2 rings (SSSR count). The van der Waals surface area contributed by atoms with Crippen LogP contribution in [0.15, 0.2) is 54.6 Å². The van der Waals surface area contributed by atoms with Crippen LogP contribution in [0, 0.1) is 7.05 Å². The molecule has 0 heterocycles. The van der Waals surface area contributed by atoms with Crippen LogP contribution in [0.3, 0.4) is 0 Å². The quantitative estimate of drug-likeness (QED) is 0.780. The third-order valence-electron chi connectivity index (χ3n) is 2.54. The number of benzene rings is 2. The highest BCUT2D eigenvalue weighted by atomic mass is 16.5. The third kappa shape index (κ3) is 3.61. The summed E-state index contributed by atoms with van der Waals surface area (Å²) in [5.74, 6) is 1.74. The first kappa shape index (κ1) is 11.7. The number of quaternary nitrogens is 1. The summed E-state index contributed by atoms with van der Waals surface area (Å²) in [5.41, 5.74) is 1.31. The molecule has 0 atom stereocenters. The van der Waals surface area contributed by atoms with Crippen molar-refractivity contribution >= 4 is 0 Å². The minimum Gasteiger partial charge on any atom is -0.479 e. The zero-order valence-electron chi connectivity index (χ0n) is 9.80. The molecule has 88 valence electrons. The largest absolute Gasteiger partial charge is 0.479 e. The summed E-state index contributed by atoms with van der Waals surface area (Å²) in [6.07, 6.45) is 1.04. The van der Waals surface area contributed by atoms with Gasteiger partial charge in [-0.3, -0.25) is 0 Å². The predicted molar refractivity (Wildman–Crippen MR) is 68.8 cm³/mol. The highest BCUT2D eigenvalue weighted by Crippen LogP contribution is 2.20. The third-order valence-corrected chi connectivity index (χ3v) is 2.54. The first-order valence-corrected chi connectivity index (χ1v) is 5.81. The van der Waals surface area contributed by atoms with Gasteiger partial charge in [0.1, 0.15) is 11.5 Å². The van der Waals surface area contributed by atoms with Gasteiger partial charge in [-0.25, -0.2) is 0 Å². The molecule has 0 bridgehead atoms. The number of rotatable bonds is 5. The van der Waals surface area contributed by atoms with Gasteiger partial charge in [0.25, 0.3) is 0 Å². The van der Waals surface area contributed by atoms with Gasteiger partial charge in [-0.05, 0) is 29.8 Å². The van der Waals surface area contributed by atoms with Crippen LogP contribution >= 0.6 is 0 Å². The Morgan fingerprint density at radius 3 is 2.18 bits per heavy atom. The van der Waals surface area contributed by atoms with Crippen molar-refractivity contribution in [1.29, 1.82) is 0 Å². The molecule has 2 aromatic rings. The minimum atomic E-state index is 0.867. The SMILES string of the molecule is [CH2-][NH2+]CCc1ccc(Oc2ccccc2)cc1. The molecule has 0 aromatic heterocycles. The highest BCUT2D eigenvalue weighted by Gasteiger charge is 1.97. The van der Waals surface area contributed by atoms with E-state index < -0.39 is 0 Å². The number of hydrogen-bond donors (Lipinski definition) is 1. The fourth-order valence-electron chi connectivity index (χ4n) is 1.62. The Bertz CT molecular complexity index is 436. The molecule has 0 amide bonds. The van der Waals surface area contributed by atoms with E-state index in [0.29, 0.717) is 0 Å². The van der Waals surface area contributed by atoms with E-state index in [1.54, 1.807) is 0 Å². The summed E-state index contributed by atoms with van der Waals surface area (Å²) in [6, 6.07) is 18.0. The maximum atomic E-state index is 5.72. The van der Waals surface area contributed by atoms with Gasteiger partial charge in [-0.15, -0.1) is 0 Å².